The molecule has 8 heteroatoms. The highest BCUT2D eigenvalue weighted by Crippen LogP contribution is 2.31. The summed E-state index contributed by atoms with van der Waals surface area (Å²) in [7, 11) is 0. The number of hydrogen-bond acceptors (Lipinski definition) is 6. The second kappa shape index (κ2) is 15.3. The average molecular weight is 659 g/mol. The zero-order chi connectivity index (χ0) is 34.3. The highest BCUT2D eigenvalue weighted by Gasteiger charge is 2.46. The van der Waals surface area contributed by atoms with Gasteiger partial charge in [-0.25, -0.2) is 4.79 Å². The van der Waals surface area contributed by atoms with Gasteiger partial charge in [0.05, 0.1) is 12.1 Å². The van der Waals surface area contributed by atoms with Gasteiger partial charge in [-0.05, 0) is 84.0 Å². The number of aliphatic hydroxyl groups is 2. The summed E-state index contributed by atoms with van der Waals surface area (Å²) < 4.78 is 5.99. The molecule has 5 aromatic rings. The van der Waals surface area contributed by atoms with Crippen LogP contribution >= 0.6 is 0 Å². The van der Waals surface area contributed by atoms with Gasteiger partial charge in [0.2, 0.25) is 0 Å². The summed E-state index contributed by atoms with van der Waals surface area (Å²) in [5.74, 6) is 0.932. The van der Waals surface area contributed by atoms with Crippen molar-refractivity contribution in [2.75, 3.05) is 0 Å². The van der Waals surface area contributed by atoms with Crippen molar-refractivity contribution in [3.63, 3.8) is 0 Å². The van der Waals surface area contributed by atoms with E-state index < -0.39 is 24.3 Å². The predicted molar refractivity (Wildman–Crippen MR) is 188 cm³/mol. The number of hydrogen-bond donors (Lipinski definition) is 4. The van der Waals surface area contributed by atoms with E-state index in [1.807, 2.05) is 85.8 Å². The molecule has 1 heterocycles. The Kier molecular flexibility index (Phi) is 10.5. The number of phenolic OH excluding ortho intramolecular Hbond substituents is 2. The van der Waals surface area contributed by atoms with Crippen molar-refractivity contribution < 1.29 is 30.0 Å². The highest BCUT2D eigenvalue weighted by molar-refractivity contribution is 5.76. The smallest absolute Gasteiger partial charge is 0.321 e. The van der Waals surface area contributed by atoms with Gasteiger partial charge >= 0.3 is 6.03 Å². The number of benzene rings is 5. The molecule has 1 fully saturated rings. The number of nitrogens with zero attached hydrogens (tertiary/aromatic N) is 2. The summed E-state index contributed by atoms with van der Waals surface area (Å²) in [6.07, 6.45) is -2.06. The molecule has 252 valence electrons. The first-order valence-corrected chi connectivity index (χ1v) is 16.5. The maximum atomic E-state index is 14.9. The zero-order valence-corrected chi connectivity index (χ0v) is 27.5. The largest absolute Gasteiger partial charge is 0.508 e. The lowest BCUT2D eigenvalue weighted by Gasteiger charge is -2.36. The molecule has 0 aliphatic carbocycles. The maximum Gasteiger partial charge on any atom is 0.321 e. The van der Waals surface area contributed by atoms with Crippen LogP contribution in [-0.2, 0) is 32.5 Å². The molecule has 0 aromatic heterocycles. The second-order valence-electron chi connectivity index (χ2n) is 12.8. The summed E-state index contributed by atoms with van der Waals surface area (Å²) in [4.78, 5) is 18.2. The Labute approximate surface area is 287 Å². The van der Waals surface area contributed by atoms with Crippen molar-refractivity contribution in [2.24, 2.45) is 0 Å². The molecular weight excluding hydrogens is 616 g/mol. The van der Waals surface area contributed by atoms with E-state index in [2.05, 4.69) is 0 Å². The van der Waals surface area contributed by atoms with Crippen molar-refractivity contribution in [1.29, 1.82) is 0 Å². The molecule has 0 spiro atoms. The summed E-state index contributed by atoms with van der Waals surface area (Å²) in [5.41, 5.74) is 5.50. The molecule has 0 radical (unpaired) electrons. The third-order valence-corrected chi connectivity index (χ3v) is 9.19. The minimum Gasteiger partial charge on any atom is -0.508 e. The maximum absolute atomic E-state index is 14.9. The Hall–Kier alpha value is -5.31. The molecule has 5 aromatic carbocycles. The molecule has 6 rings (SSSR count). The van der Waals surface area contributed by atoms with E-state index in [1.54, 1.807) is 58.3 Å². The molecule has 1 aliphatic rings. The van der Waals surface area contributed by atoms with Crippen LogP contribution in [0.2, 0.25) is 0 Å². The molecule has 0 saturated carbocycles. The lowest BCUT2D eigenvalue weighted by Crippen LogP contribution is -2.50. The molecule has 2 amide bonds. The zero-order valence-electron chi connectivity index (χ0n) is 27.5. The van der Waals surface area contributed by atoms with Crippen LogP contribution in [0.5, 0.6) is 17.2 Å². The average Bonchev–Trinajstić information content (AvgIpc) is 3.18. The van der Waals surface area contributed by atoms with Crippen molar-refractivity contribution in [3.05, 3.63) is 161 Å². The van der Waals surface area contributed by atoms with Crippen LogP contribution in [0.3, 0.4) is 0 Å². The van der Waals surface area contributed by atoms with Gasteiger partial charge in [-0.15, -0.1) is 0 Å². The first kappa shape index (κ1) is 33.6. The lowest BCUT2D eigenvalue weighted by atomic mass is 9.90. The number of phenols is 2. The molecule has 1 saturated heterocycles. The van der Waals surface area contributed by atoms with Crippen molar-refractivity contribution in [3.8, 4) is 17.2 Å². The number of carbonyl (C=O) groups excluding carboxylic acids is 1. The predicted octanol–water partition coefficient (Wildman–Crippen LogP) is 6.37. The molecule has 49 heavy (non-hydrogen) atoms. The molecule has 1 aliphatic heterocycles. The van der Waals surface area contributed by atoms with Crippen LogP contribution in [0, 0.1) is 6.92 Å². The van der Waals surface area contributed by atoms with Gasteiger partial charge in [-0.3, -0.25) is 0 Å². The number of amides is 2. The van der Waals surface area contributed by atoms with Crippen molar-refractivity contribution in [1.82, 2.24) is 9.80 Å². The van der Waals surface area contributed by atoms with Crippen molar-refractivity contribution >= 4 is 6.03 Å². The molecule has 0 bridgehead atoms. The summed E-state index contributed by atoms with van der Waals surface area (Å²) in [6.45, 7) is 2.84. The molecule has 0 unspecified atom stereocenters. The summed E-state index contributed by atoms with van der Waals surface area (Å²) in [5, 5.41) is 43.7. The van der Waals surface area contributed by atoms with Gasteiger partial charge in [-0.1, -0.05) is 96.6 Å². The Morgan fingerprint density at radius 2 is 0.980 bits per heavy atom. The van der Waals surface area contributed by atoms with E-state index in [0.717, 1.165) is 33.4 Å². The van der Waals surface area contributed by atoms with Gasteiger partial charge in [0.1, 0.15) is 36.1 Å². The monoisotopic (exact) mass is 658 g/mol. The van der Waals surface area contributed by atoms with Crippen LogP contribution in [0.25, 0.3) is 0 Å². The Morgan fingerprint density at radius 3 is 1.45 bits per heavy atom. The Morgan fingerprint density at radius 1 is 0.551 bits per heavy atom. The third kappa shape index (κ3) is 8.41. The van der Waals surface area contributed by atoms with Gasteiger partial charge in [0.15, 0.2) is 0 Å². The van der Waals surface area contributed by atoms with E-state index in [4.69, 9.17) is 4.74 Å². The first-order chi connectivity index (χ1) is 23.7. The molecule has 8 nitrogen and oxygen atoms in total. The standard InChI is InChI=1S/C41H42N2O6/c1-28-7-9-31(10-8-28)25-42-37(23-29-11-17-34(44)18-12-29)39(46)40(47)38(24-30-13-19-35(45)20-14-30)43(41(42)48)26-32-15-21-36(22-16-32)49-27-33-5-3-2-4-6-33/h2-22,37-40,44-47H,23-27H2,1H3/t37-,38-,39+,40+/m1/s1. The Balaban J connectivity index is 1.34. The van der Waals surface area contributed by atoms with Crippen LogP contribution in [0.1, 0.15) is 33.4 Å². The van der Waals surface area contributed by atoms with E-state index in [1.165, 1.54) is 0 Å². The number of rotatable bonds is 11. The van der Waals surface area contributed by atoms with E-state index in [-0.39, 0.29) is 43.5 Å². The van der Waals surface area contributed by atoms with Gasteiger partial charge in [0, 0.05) is 13.1 Å². The van der Waals surface area contributed by atoms with E-state index >= 15 is 0 Å². The number of carbonyl (C=O) groups is 1. The topological polar surface area (TPSA) is 114 Å². The SMILES string of the molecule is Cc1ccc(CN2C(=O)N(Cc3ccc(OCc4ccccc4)cc3)[C@H](Cc3ccc(O)cc3)[C@H](O)[C@@H](O)[C@H]2Cc2ccc(O)cc2)cc1. The number of aryl methyl sites for hydroxylation is 1. The highest BCUT2D eigenvalue weighted by atomic mass is 16.5. The van der Waals surface area contributed by atoms with Crippen LogP contribution < -0.4 is 4.74 Å². The number of aliphatic hydroxyl groups excluding tert-OH is 2. The fourth-order valence-corrected chi connectivity index (χ4v) is 6.37. The quantitative estimate of drug-likeness (QED) is 0.131. The fourth-order valence-electron chi connectivity index (χ4n) is 6.37. The fraction of sp³-hybridized carbons (Fsp3) is 0.244. The first-order valence-electron chi connectivity index (χ1n) is 16.5. The lowest BCUT2D eigenvalue weighted by molar-refractivity contribution is -0.0408. The molecule has 4 N–H and O–H groups in total. The summed E-state index contributed by atoms with van der Waals surface area (Å²) >= 11 is 0. The minimum atomic E-state index is -1.30. The van der Waals surface area contributed by atoms with Crippen molar-refractivity contribution in [2.45, 2.75) is 63.8 Å². The Bertz CT molecular complexity index is 1800. The minimum absolute atomic E-state index is 0.117. The van der Waals surface area contributed by atoms with E-state index in [0.29, 0.717) is 12.4 Å². The third-order valence-electron chi connectivity index (χ3n) is 9.19. The number of ether oxygens (including phenoxy) is 1. The second-order valence-corrected chi connectivity index (χ2v) is 12.8. The van der Waals surface area contributed by atoms with Crippen LogP contribution in [0.15, 0.2) is 127 Å². The normalized spacial score (nSPS) is 19.4. The van der Waals surface area contributed by atoms with Gasteiger partial charge < -0.3 is 35.0 Å². The molecule has 4 atom stereocenters. The number of urea groups is 1. The molecular formula is C41H42N2O6. The van der Waals surface area contributed by atoms with Crippen LogP contribution in [-0.4, -0.2) is 60.5 Å². The summed E-state index contributed by atoms with van der Waals surface area (Å²) in [6, 6.07) is 36.9. The van der Waals surface area contributed by atoms with Gasteiger partial charge in [-0.2, -0.15) is 0 Å². The van der Waals surface area contributed by atoms with E-state index in [9.17, 15) is 25.2 Å². The van der Waals surface area contributed by atoms with Crippen LogP contribution in [0.4, 0.5) is 4.79 Å². The van der Waals surface area contributed by atoms with Gasteiger partial charge in [0.25, 0.3) is 0 Å². The number of aromatic hydroxyl groups is 2.